The maximum absolute atomic E-state index is 12.0. The van der Waals surface area contributed by atoms with Crippen molar-refractivity contribution in [2.45, 2.75) is 11.4 Å². The summed E-state index contributed by atoms with van der Waals surface area (Å²) >= 11 is 3.25. The van der Waals surface area contributed by atoms with Gasteiger partial charge in [0.25, 0.3) is 0 Å². The lowest BCUT2D eigenvalue weighted by molar-refractivity contribution is 0.581. The molecule has 0 unspecified atom stereocenters. The van der Waals surface area contributed by atoms with Gasteiger partial charge in [-0.15, -0.1) is 0 Å². The third kappa shape index (κ3) is 3.38. The van der Waals surface area contributed by atoms with Gasteiger partial charge in [-0.25, -0.2) is 13.1 Å². The van der Waals surface area contributed by atoms with Crippen molar-refractivity contribution in [3.05, 3.63) is 58.8 Å². The maximum Gasteiger partial charge on any atom is 0.240 e. The normalized spacial score (nSPS) is 11.4. The van der Waals surface area contributed by atoms with Crippen molar-refractivity contribution in [2.24, 2.45) is 0 Å². The van der Waals surface area contributed by atoms with Crippen LogP contribution in [0.2, 0.25) is 0 Å². The van der Waals surface area contributed by atoms with Gasteiger partial charge in [0, 0.05) is 23.4 Å². The molecule has 4 nitrogen and oxygen atoms in total. The van der Waals surface area contributed by atoms with Gasteiger partial charge in [0.15, 0.2) is 0 Å². The molecule has 0 saturated carbocycles. The quantitative estimate of drug-likeness (QED) is 0.938. The first-order chi connectivity index (χ1) is 8.58. The van der Waals surface area contributed by atoms with Gasteiger partial charge in [0.05, 0.1) is 4.90 Å². The summed E-state index contributed by atoms with van der Waals surface area (Å²) in [5.41, 5.74) is 0.816. The van der Waals surface area contributed by atoms with Gasteiger partial charge < -0.3 is 0 Å². The van der Waals surface area contributed by atoms with Crippen LogP contribution in [0.15, 0.2) is 58.2 Å². The van der Waals surface area contributed by atoms with E-state index in [2.05, 4.69) is 25.6 Å². The molecule has 0 bridgehead atoms. The average Bonchev–Trinajstić information content (AvgIpc) is 2.38. The Morgan fingerprint density at radius 2 is 2.06 bits per heavy atom. The molecule has 18 heavy (non-hydrogen) atoms. The number of hydrogen-bond acceptors (Lipinski definition) is 3. The predicted molar refractivity (Wildman–Crippen MR) is 72.4 cm³/mol. The fourth-order valence-corrected chi connectivity index (χ4v) is 3.01. The molecule has 0 aliphatic carbocycles. The lowest BCUT2D eigenvalue weighted by atomic mass is 10.3. The van der Waals surface area contributed by atoms with Crippen LogP contribution in [0.3, 0.4) is 0 Å². The molecule has 0 atom stereocenters. The first-order valence-corrected chi connectivity index (χ1v) is 7.50. The zero-order chi connectivity index (χ0) is 13.0. The summed E-state index contributed by atoms with van der Waals surface area (Å²) in [7, 11) is -3.49. The molecule has 1 heterocycles. The van der Waals surface area contributed by atoms with E-state index in [1.165, 1.54) is 0 Å². The second-order valence-electron chi connectivity index (χ2n) is 3.64. The SMILES string of the molecule is O=S(=O)(NCc1cccnc1)c1cccc(Br)c1. The molecular formula is C12H11BrN2O2S. The highest BCUT2D eigenvalue weighted by molar-refractivity contribution is 9.10. The van der Waals surface area contributed by atoms with Crippen LogP contribution < -0.4 is 4.72 Å². The van der Waals surface area contributed by atoms with E-state index in [0.717, 1.165) is 10.0 Å². The van der Waals surface area contributed by atoms with Gasteiger partial charge in [0.2, 0.25) is 10.0 Å². The minimum atomic E-state index is -3.49. The number of aromatic nitrogens is 1. The van der Waals surface area contributed by atoms with Crippen LogP contribution >= 0.6 is 15.9 Å². The molecule has 0 aliphatic heterocycles. The van der Waals surface area contributed by atoms with Crippen LogP contribution in [0.5, 0.6) is 0 Å². The Bertz CT molecular complexity index is 630. The number of halogens is 1. The van der Waals surface area contributed by atoms with Crippen LogP contribution in [0, 0.1) is 0 Å². The Morgan fingerprint density at radius 3 is 2.72 bits per heavy atom. The summed E-state index contributed by atoms with van der Waals surface area (Å²) in [6.45, 7) is 0.225. The van der Waals surface area contributed by atoms with Gasteiger partial charge in [-0.3, -0.25) is 4.98 Å². The fraction of sp³-hybridized carbons (Fsp3) is 0.0833. The van der Waals surface area contributed by atoms with E-state index in [-0.39, 0.29) is 11.4 Å². The number of hydrogen-bond donors (Lipinski definition) is 1. The standard InChI is InChI=1S/C12H11BrN2O2S/c13-11-4-1-5-12(7-11)18(16,17)15-9-10-3-2-6-14-8-10/h1-8,15H,9H2. The molecule has 0 fully saturated rings. The number of pyridine rings is 1. The Labute approximate surface area is 114 Å². The molecule has 0 spiro atoms. The average molecular weight is 327 g/mol. The summed E-state index contributed by atoms with van der Waals surface area (Å²) in [5.74, 6) is 0. The smallest absolute Gasteiger partial charge is 0.240 e. The van der Waals surface area contributed by atoms with Crippen molar-refractivity contribution in [3.63, 3.8) is 0 Å². The maximum atomic E-state index is 12.0. The van der Waals surface area contributed by atoms with E-state index in [4.69, 9.17) is 0 Å². The number of rotatable bonds is 4. The molecule has 1 N–H and O–H groups in total. The molecule has 1 aromatic heterocycles. The molecule has 0 radical (unpaired) electrons. The Kier molecular flexibility index (Phi) is 4.11. The first-order valence-electron chi connectivity index (χ1n) is 5.22. The summed E-state index contributed by atoms with van der Waals surface area (Å²) in [6, 6.07) is 10.2. The highest BCUT2D eigenvalue weighted by atomic mass is 79.9. The topological polar surface area (TPSA) is 59.1 Å². The van der Waals surface area contributed by atoms with E-state index >= 15 is 0 Å². The Balaban J connectivity index is 2.13. The largest absolute Gasteiger partial charge is 0.264 e. The van der Waals surface area contributed by atoms with Crippen LogP contribution in [0.1, 0.15) is 5.56 Å². The van der Waals surface area contributed by atoms with Crippen molar-refractivity contribution < 1.29 is 8.42 Å². The molecule has 1 aromatic carbocycles. The molecule has 2 rings (SSSR count). The molecule has 94 valence electrons. The van der Waals surface area contributed by atoms with Gasteiger partial charge in [-0.2, -0.15) is 0 Å². The summed E-state index contributed by atoms with van der Waals surface area (Å²) in [5, 5.41) is 0. The van der Waals surface area contributed by atoms with Crippen molar-refractivity contribution in [3.8, 4) is 0 Å². The zero-order valence-electron chi connectivity index (χ0n) is 9.38. The molecule has 0 amide bonds. The van der Waals surface area contributed by atoms with E-state index in [1.807, 2.05) is 6.07 Å². The minimum absolute atomic E-state index is 0.225. The second-order valence-corrected chi connectivity index (χ2v) is 6.33. The van der Waals surface area contributed by atoms with Gasteiger partial charge in [-0.1, -0.05) is 28.1 Å². The number of nitrogens with one attached hydrogen (secondary N) is 1. The summed E-state index contributed by atoms with van der Waals surface area (Å²) in [6.07, 6.45) is 3.27. The first kappa shape index (κ1) is 13.2. The molecule has 0 saturated heterocycles. The number of sulfonamides is 1. The van der Waals surface area contributed by atoms with Crippen LogP contribution in [0.25, 0.3) is 0 Å². The van der Waals surface area contributed by atoms with Crippen LogP contribution in [0.4, 0.5) is 0 Å². The van der Waals surface area contributed by atoms with E-state index in [9.17, 15) is 8.42 Å². The molecular weight excluding hydrogens is 316 g/mol. The summed E-state index contributed by atoms with van der Waals surface area (Å²) in [4.78, 5) is 4.17. The lowest BCUT2D eigenvalue weighted by Gasteiger charge is -2.06. The highest BCUT2D eigenvalue weighted by Gasteiger charge is 2.13. The molecule has 0 aliphatic rings. The van der Waals surface area contributed by atoms with Crippen LogP contribution in [-0.2, 0) is 16.6 Å². The Hall–Kier alpha value is -1.24. The monoisotopic (exact) mass is 326 g/mol. The predicted octanol–water partition coefficient (Wildman–Crippen LogP) is 2.32. The van der Waals surface area contributed by atoms with Crippen molar-refractivity contribution in [1.29, 1.82) is 0 Å². The molecule has 2 aromatic rings. The van der Waals surface area contributed by atoms with E-state index in [1.54, 1.807) is 42.7 Å². The highest BCUT2D eigenvalue weighted by Crippen LogP contribution is 2.16. The number of nitrogens with zero attached hydrogens (tertiary/aromatic N) is 1. The summed E-state index contributed by atoms with van der Waals surface area (Å²) < 4.78 is 27.3. The van der Waals surface area contributed by atoms with Crippen molar-refractivity contribution in [2.75, 3.05) is 0 Å². The van der Waals surface area contributed by atoms with E-state index < -0.39 is 10.0 Å². The lowest BCUT2D eigenvalue weighted by Crippen LogP contribution is -2.23. The van der Waals surface area contributed by atoms with Gasteiger partial charge in [0.1, 0.15) is 0 Å². The van der Waals surface area contributed by atoms with Gasteiger partial charge >= 0.3 is 0 Å². The second kappa shape index (κ2) is 5.60. The third-order valence-electron chi connectivity index (χ3n) is 2.30. The van der Waals surface area contributed by atoms with Crippen molar-refractivity contribution in [1.82, 2.24) is 9.71 Å². The Morgan fingerprint density at radius 1 is 1.22 bits per heavy atom. The number of benzene rings is 1. The third-order valence-corrected chi connectivity index (χ3v) is 4.19. The minimum Gasteiger partial charge on any atom is -0.264 e. The van der Waals surface area contributed by atoms with E-state index in [0.29, 0.717) is 0 Å². The molecule has 6 heteroatoms. The van der Waals surface area contributed by atoms with Crippen LogP contribution in [-0.4, -0.2) is 13.4 Å². The van der Waals surface area contributed by atoms with Gasteiger partial charge in [-0.05, 0) is 29.8 Å². The fourth-order valence-electron chi connectivity index (χ4n) is 1.40. The zero-order valence-corrected chi connectivity index (χ0v) is 11.8. The van der Waals surface area contributed by atoms with Crippen molar-refractivity contribution >= 4 is 26.0 Å².